The summed E-state index contributed by atoms with van der Waals surface area (Å²) in [6.07, 6.45) is -2.92. The number of carbonyl (C=O) groups is 1. The molecule has 0 saturated heterocycles. The third kappa shape index (κ3) is 5.23. The lowest BCUT2D eigenvalue weighted by molar-refractivity contribution is -0.274. The second-order valence-electron chi connectivity index (χ2n) is 6.62. The van der Waals surface area contributed by atoms with Crippen LogP contribution in [-0.4, -0.2) is 22.2 Å². The van der Waals surface area contributed by atoms with E-state index in [9.17, 15) is 18.0 Å². The third-order valence-corrected chi connectivity index (χ3v) is 4.96. The van der Waals surface area contributed by atoms with E-state index in [1.807, 2.05) is 12.1 Å². The lowest BCUT2D eigenvalue weighted by atomic mass is 10.1. The Morgan fingerprint density at radius 1 is 1.19 bits per heavy atom. The van der Waals surface area contributed by atoms with Crippen molar-refractivity contribution in [2.45, 2.75) is 19.3 Å². The molecule has 2 heterocycles. The summed E-state index contributed by atoms with van der Waals surface area (Å²) >= 11 is 3.33. The Bertz CT molecular complexity index is 1140. The van der Waals surface area contributed by atoms with Gasteiger partial charge in [-0.3, -0.25) is 4.79 Å². The summed E-state index contributed by atoms with van der Waals surface area (Å²) in [6.45, 7) is 0.0478. The van der Waals surface area contributed by atoms with Gasteiger partial charge in [-0.05, 0) is 39.7 Å². The zero-order valence-corrected chi connectivity index (χ0v) is 17.3. The van der Waals surface area contributed by atoms with Crippen LogP contribution in [0, 0.1) is 0 Å². The highest BCUT2D eigenvalue weighted by molar-refractivity contribution is 9.10. The van der Waals surface area contributed by atoms with Gasteiger partial charge in [-0.15, -0.1) is 13.2 Å². The van der Waals surface area contributed by atoms with Crippen LogP contribution in [0.3, 0.4) is 0 Å². The van der Waals surface area contributed by atoms with E-state index >= 15 is 0 Å². The van der Waals surface area contributed by atoms with Gasteiger partial charge in [-0.1, -0.05) is 24.3 Å². The number of amides is 1. The zero-order valence-electron chi connectivity index (χ0n) is 15.8. The molecule has 1 aliphatic rings. The number of anilines is 4. The Morgan fingerprint density at radius 3 is 2.81 bits per heavy atom. The lowest BCUT2D eigenvalue weighted by Crippen LogP contribution is -2.18. The monoisotopic (exact) mass is 493 g/mol. The van der Waals surface area contributed by atoms with E-state index in [-0.39, 0.29) is 24.1 Å². The van der Waals surface area contributed by atoms with Crippen LogP contribution >= 0.6 is 15.9 Å². The second-order valence-corrected chi connectivity index (χ2v) is 7.48. The van der Waals surface area contributed by atoms with Crippen molar-refractivity contribution >= 4 is 45.0 Å². The Kier molecular flexibility index (Phi) is 5.68. The molecule has 1 aliphatic heterocycles. The summed E-state index contributed by atoms with van der Waals surface area (Å²) in [7, 11) is 0. The maximum absolute atomic E-state index is 12.6. The van der Waals surface area contributed by atoms with E-state index in [0.717, 1.165) is 11.3 Å². The first-order valence-electron chi connectivity index (χ1n) is 9.07. The molecule has 0 unspecified atom stereocenters. The van der Waals surface area contributed by atoms with Gasteiger partial charge in [0.1, 0.15) is 11.6 Å². The maximum Gasteiger partial charge on any atom is 0.573 e. The first-order valence-corrected chi connectivity index (χ1v) is 9.86. The smallest absolute Gasteiger partial charge is 0.405 e. The minimum atomic E-state index is -4.78. The number of alkyl halides is 3. The number of aromatic nitrogens is 2. The quantitative estimate of drug-likeness (QED) is 0.448. The molecule has 11 heteroatoms. The first-order chi connectivity index (χ1) is 14.8. The standard InChI is InChI=1S/C20H15BrF3N5O2/c21-14-10-26-19(27-13-6-5-11-7-17(30)28-15(11)8-13)29-18(14)25-9-12-3-1-2-4-16(12)31-20(22,23)24/h1-6,8,10H,7,9H2,(H,28,30)(H2,25,26,27,29). The summed E-state index contributed by atoms with van der Waals surface area (Å²) in [4.78, 5) is 20.1. The number of fused-ring (bicyclic) bond motifs is 1. The predicted octanol–water partition coefficient (Wildman–Crippen LogP) is 4.99. The van der Waals surface area contributed by atoms with Gasteiger partial charge in [0.15, 0.2) is 0 Å². The molecule has 3 N–H and O–H groups in total. The summed E-state index contributed by atoms with van der Waals surface area (Å²) in [5.74, 6) is 0.308. The largest absolute Gasteiger partial charge is 0.573 e. The number of halogens is 4. The molecule has 31 heavy (non-hydrogen) atoms. The van der Waals surface area contributed by atoms with E-state index in [0.29, 0.717) is 28.0 Å². The number of ether oxygens (including phenoxy) is 1. The Hall–Kier alpha value is -3.34. The average molecular weight is 494 g/mol. The highest BCUT2D eigenvalue weighted by Crippen LogP contribution is 2.30. The number of hydrogen-bond donors (Lipinski definition) is 3. The molecule has 3 aromatic rings. The molecule has 0 saturated carbocycles. The second kappa shape index (κ2) is 8.42. The molecule has 0 aliphatic carbocycles. The fourth-order valence-electron chi connectivity index (χ4n) is 3.03. The number of benzene rings is 2. The van der Waals surface area contributed by atoms with Crippen LogP contribution in [0.15, 0.2) is 53.1 Å². The van der Waals surface area contributed by atoms with Crippen molar-refractivity contribution in [3.05, 3.63) is 64.3 Å². The average Bonchev–Trinajstić information content (AvgIpc) is 3.07. The van der Waals surface area contributed by atoms with Gasteiger partial charge in [0.05, 0.1) is 10.9 Å². The Labute approximate surface area is 183 Å². The number of hydrogen-bond acceptors (Lipinski definition) is 6. The van der Waals surface area contributed by atoms with Gasteiger partial charge in [-0.25, -0.2) is 4.98 Å². The van der Waals surface area contributed by atoms with Gasteiger partial charge in [0, 0.05) is 29.7 Å². The van der Waals surface area contributed by atoms with Gasteiger partial charge in [-0.2, -0.15) is 4.98 Å². The number of nitrogens with zero attached hydrogens (tertiary/aromatic N) is 2. The van der Waals surface area contributed by atoms with E-state index < -0.39 is 6.36 Å². The fourth-order valence-corrected chi connectivity index (χ4v) is 3.36. The molecule has 1 aromatic heterocycles. The molecule has 1 amide bonds. The lowest BCUT2D eigenvalue weighted by Gasteiger charge is -2.15. The maximum atomic E-state index is 12.6. The van der Waals surface area contributed by atoms with Gasteiger partial charge < -0.3 is 20.7 Å². The van der Waals surface area contributed by atoms with E-state index in [2.05, 4.69) is 46.6 Å². The van der Waals surface area contributed by atoms with Crippen LogP contribution in [0.4, 0.5) is 36.3 Å². The molecular weight excluding hydrogens is 479 g/mol. The van der Waals surface area contributed by atoms with Crippen LogP contribution in [0.5, 0.6) is 5.75 Å². The molecule has 0 radical (unpaired) electrons. The fraction of sp³-hybridized carbons (Fsp3) is 0.150. The molecule has 7 nitrogen and oxygen atoms in total. The van der Waals surface area contributed by atoms with Crippen molar-refractivity contribution < 1.29 is 22.7 Å². The molecule has 0 bridgehead atoms. The highest BCUT2D eigenvalue weighted by Gasteiger charge is 2.32. The summed E-state index contributed by atoms with van der Waals surface area (Å²) in [6, 6.07) is 11.3. The molecule has 0 atom stereocenters. The number of nitrogens with one attached hydrogen (secondary N) is 3. The minimum Gasteiger partial charge on any atom is -0.405 e. The first kappa shape index (κ1) is 20.9. The molecule has 4 rings (SSSR count). The van der Waals surface area contributed by atoms with E-state index in [1.54, 1.807) is 12.1 Å². The normalized spacial score (nSPS) is 12.8. The SMILES string of the molecule is O=C1Cc2ccc(Nc3ncc(Br)c(NCc4ccccc4OC(F)(F)F)n3)cc2N1. The summed E-state index contributed by atoms with van der Waals surface area (Å²) in [5.41, 5.74) is 2.63. The highest BCUT2D eigenvalue weighted by atomic mass is 79.9. The van der Waals surface area contributed by atoms with Crippen molar-refractivity contribution in [3.63, 3.8) is 0 Å². The minimum absolute atomic E-state index is 0.0478. The number of carbonyl (C=O) groups excluding carboxylic acids is 1. The van der Waals surface area contributed by atoms with Crippen LogP contribution in [0.2, 0.25) is 0 Å². The number of para-hydroxylation sites is 1. The van der Waals surface area contributed by atoms with Crippen LogP contribution in [0.1, 0.15) is 11.1 Å². The van der Waals surface area contributed by atoms with Crippen LogP contribution in [0.25, 0.3) is 0 Å². The summed E-state index contributed by atoms with van der Waals surface area (Å²) in [5, 5.41) is 8.81. The van der Waals surface area contributed by atoms with Crippen LogP contribution < -0.4 is 20.7 Å². The Balaban J connectivity index is 1.48. The molecule has 0 fully saturated rings. The van der Waals surface area contributed by atoms with Crippen LogP contribution in [-0.2, 0) is 17.8 Å². The van der Waals surface area contributed by atoms with E-state index in [4.69, 9.17) is 0 Å². The van der Waals surface area contributed by atoms with Crippen molar-refractivity contribution in [3.8, 4) is 5.75 Å². The molecule has 160 valence electrons. The third-order valence-electron chi connectivity index (χ3n) is 4.38. The van der Waals surface area contributed by atoms with E-state index in [1.165, 1.54) is 24.4 Å². The van der Waals surface area contributed by atoms with Crippen molar-refractivity contribution in [2.75, 3.05) is 16.0 Å². The van der Waals surface area contributed by atoms with Crippen molar-refractivity contribution in [2.24, 2.45) is 0 Å². The topological polar surface area (TPSA) is 88.2 Å². The Morgan fingerprint density at radius 2 is 2.00 bits per heavy atom. The molecular formula is C20H15BrF3N5O2. The van der Waals surface area contributed by atoms with Crippen molar-refractivity contribution in [1.82, 2.24) is 9.97 Å². The van der Waals surface area contributed by atoms with Gasteiger partial charge in [0.2, 0.25) is 11.9 Å². The number of rotatable bonds is 6. The van der Waals surface area contributed by atoms with Gasteiger partial charge in [0.25, 0.3) is 0 Å². The van der Waals surface area contributed by atoms with Crippen molar-refractivity contribution in [1.29, 1.82) is 0 Å². The predicted molar refractivity (Wildman–Crippen MR) is 112 cm³/mol. The van der Waals surface area contributed by atoms with Gasteiger partial charge >= 0.3 is 6.36 Å². The molecule has 2 aromatic carbocycles. The zero-order chi connectivity index (χ0) is 22.0. The summed E-state index contributed by atoms with van der Waals surface area (Å²) < 4.78 is 42.4. The molecule has 0 spiro atoms.